The van der Waals surface area contributed by atoms with Gasteiger partial charge in [-0.1, -0.05) is 0 Å². The van der Waals surface area contributed by atoms with Gasteiger partial charge in [-0.2, -0.15) is 0 Å². The van der Waals surface area contributed by atoms with Crippen LogP contribution in [0.2, 0.25) is 0 Å². The van der Waals surface area contributed by atoms with E-state index in [0.29, 0.717) is 6.04 Å². The van der Waals surface area contributed by atoms with Gasteiger partial charge in [0.05, 0.1) is 6.26 Å². The van der Waals surface area contributed by atoms with Crippen LogP contribution < -0.4 is 5.32 Å². The normalized spacial score (nSPS) is 13.1. The van der Waals surface area contributed by atoms with E-state index in [-0.39, 0.29) is 0 Å². The van der Waals surface area contributed by atoms with Crippen molar-refractivity contribution < 1.29 is 9.15 Å². The molecule has 1 unspecified atom stereocenters. The highest BCUT2D eigenvalue weighted by atomic mass is 16.5. The number of ether oxygens (including phenoxy) is 1. The summed E-state index contributed by atoms with van der Waals surface area (Å²) in [5.41, 5.74) is 1.27. The van der Waals surface area contributed by atoms with Gasteiger partial charge in [0.2, 0.25) is 0 Å². The number of hydrogen-bond acceptors (Lipinski definition) is 4. The van der Waals surface area contributed by atoms with Gasteiger partial charge in [-0.05, 0) is 46.9 Å². The fourth-order valence-electron chi connectivity index (χ4n) is 1.91. The fourth-order valence-corrected chi connectivity index (χ4v) is 1.91. The highest BCUT2D eigenvalue weighted by molar-refractivity contribution is 5.15. The Kier molecular flexibility index (Phi) is 7.79. The molecule has 0 aromatic carbocycles. The zero-order chi connectivity index (χ0) is 14.1. The highest BCUT2D eigenvalue weighted by Crippen LogP contribution is 2.12. The first-order chi connectivity index (χ1) is 9.15. The fraction of sp³-hybridized carbons (Fsp3) is 0.733. The maximum absolute atomic E-state index is 5.32. The molecule has 0 aliphatic heterocycles. The van der Waals surface area contributed by atoms with Crippen molar-refractivity contribution in [2.45, 2.75) is 39.8 Å². The molecule has 0 amide bonds. The van der Waals surface area contributed by atoms with Gasteiger partial charge in [0.25, 0.3) is 0 Å². The third-order valence-electron chi connectivity index (χ3n) is 3.42. The van der Waals surface area contributed by atoms with Gasteiger partial charge in [0.15, 0.2) is 0 Å². The lowest BCUT2D eigenvalue weighted by Gasteiger charge is -2.24. The van der Waals surface area contributed by atoms with Crippen LogP contribution in [0.15, 0.2) is 16.7 Å². The van der Waals surface area contributed by atoms with Crippen LogP contribution in [-0.4, -0.2) is 44.3 Å². The predicted octanol–water partition coefficient (Wildman–Crippen LogP) is 2.42. The van der Waals surface area contributed by atoms with Crippen LogP contribution in [0.5, 0.6) is 0 Å². The third-order valence-corrected chi connectivity index (χ3v) is 3.42. The van der Waals surface area contributed by atoms with E-state index in [1.165, 1.54) is 5.56 Å². The van der Waals surface area contributed by atoms with Gasteiger partial charge in [0, 0.05) is 37.9 Å². The third kappa shape index (κ3) is 6.23. The van der Waals surface area contributed by atoms with Crippen LogP contribution in [0.25, 0.3) is 0 Å². The van der Waals surface area contributed by atoms with Crippen molar-refractivity contribution in [3.8, 4) is 0 Å². The summed E-state index contributed by atoms with van der Waals surface area (Å²) in [6.45, 7) is 10.9. The average molecular weight is 268 g/mol. The number of hydrogen-bond donors (Lipinski definition) is 1. The minimum atomic E-state index is 0.501. The second-order valence-electron chi connectivity index (χ2n) is 5.02. The smallest absolute Gasteiger partial charge is 0.105 e. The lowest BCUT2D eigenvalue weighted by molar-refractivity contribution is 0.144. The number of nitrogens with one attached hydrogen (secondary N) is 1. The summed E-state index contributed by atoms with van der Waals surface area (Å²) in [7, 11) is 2.15. The topological polar surface area (TPSA) is 37.6 Å². The van der Waals surface area contributed by atoms with Crippen LogP contribution in [0.3, 0.4) is 0 Å². The van der Waals surface area contributed by atoms with E-state index in [1.807, 2.05) is 19.9 Å². The molecule has 1 aromatic heterocycles. The molecule has 0 aliphatic carbocycles. The first-order valence-electron chi connectivity index (χ1n) is 7.16. The molecule has 4 heteroatoms. The Morgan fingerprint density at radius 3 is 2.89 bits per heavy atom. The molecule has 1 N–H and O–H groups in total. The number of aryl methyl sites for hydroxylation is 1. The molecule has 0 aliphatic rings. The summed E-state index contributed by atoms with van der Waals surface area (Å²) >= 11 is 0. The molecule has 1 aromatic rings. The summed E-state index contributed by atoms with van der Waals surface area (Å²) in [5.74, 6) is 1.02. The van der Waals surface area contributed by atoms with Crippen LogP contribution >= 0.6 is 0 Å². The van der Waals surface area contributed by atoms with Gasteiger partial charge in [-0.15, -0.1) is 0 Å². The second-order valence-corrected chi connectivity index (χ2v) is 5.02. The highest BCUT2D eigenvalue weighted by Gasteiger charge is 2.11. The lowest BCUT2D eigenvalue weighted by Crippen LogP contribution is -2.38. The first-order valence-corrected chi connectivity index (χ1v) is 7.16. The second kappa shape index (κ2) is 9.13. The van der Waals surface area contributed by atoms with Crippen LogP contribution in [0, 0.1) is 6.92 Å². The van der Waals surface area contributed by atoms with Gasteiger partial charge in [-0.3, -0.25) is 4.90 Å². The number of furan rings is 1. The van der Waals surface area contributed by atoms with E-state index >= 15 is 0 Å². The summed E-state index contributed by atoms with van der Waals surface area (Å²) < 4.78 is 10.6. The molecule has 19 heavy (non-hydrogen) atoms. The molecule has 0 bridgehead atoms. The molecule has 110 valence electrons. The molecule has 0 spiro atoms. The maximum Gasteiger partial charge on any atom is 0.105 e. The van der Waals surface area contributed by atoms with E-state index in [4.69, 9.17) is 9.15 Å². The van der Waals surface area contributed by atoms with Gasteiger partial charge in [0.1, 0.15) is 5.76 Å². The Labute approximate surface area is 117 Å². The molecule has 0 radical (unpaired) electrons. The van der Waals surface area contributed by atoms with E-state index in [2.05, 4.69) is 24.2 Å². The van der Waals surface area contributed by atoms with Crippen molar-refractivity contribution in [3.63, 3.8) is 0 Å². The van der Waals surface area contributed by atoms with E-state index in [1.54, 1.807) is 6.26 Å². The van der Waals surface area contributed by atoms with E-state index < -0.39 is 0 Å². The summed E-state index contributed by atoms with van der Waals surface area (Å²) in [4.78, 5) is 2.34. The molecular weight excluding hydrogens is 240 g/mol. The van der Waals surface area contributed by atoms with Crippen molar-refractivity contribution in [2.75, 3.05) is 33.4 Å². The van der Waals surface area contributed by atoms with Crippen LogP contribution in [0.1, 0.15) is 31.6 Å². The largest absolute Gasteiger partial charge is 0.469 e. The van der Waals surface area contributed by atoms with Gasteiger partial charge < -0.3 is 14.5 Å². The Bertz CT molecular complexity index is 339. The Morgan fingerprint density at radius 1 is 1.47 bits per heavy atom. The van der Waals surface area contributed by atoms with Crippen LogP contribution in [-0.2, 0) is 11.3 Å². The summed E-state index contributed by atoms with van der Waals surface area (Å²) in [6, 6.07) is 2.55. The minimum absolute atomic E-state index is 0.501. The van der Waals surface area contributed by atoms with E-state index in [0.717, 1.165) is 45.0 Å². The van der Waals surface area contributed by atoms with Crippen molar-refractivity contribution in [2.24, 2.45) is 0 Å². The number of likely N-dealkylation sites (N-methyl/N-ethyl adjacent to an activating group) is 1. The van der Waals surface area contributed by atoms with Crippen LogP contribution in [0.4, 0.5) is 0 Å². The van der Waals surface area contributed by atoms with E-state index in [9.17, 15) is 0 Å². The zero-order valence-electron chi connectivity index (χ0n) is 12.7. The van der Waals surface area contributed by atoms with Gasteiger partial charge >= 0.3 is 0 Å². The number of nitrogens with zero attached hydrogens (tertiary/aromatic N) is 1. The maximum atomic E-state index is 5.32. The minimum Gasteiger partial charge on any atom is -0.469 e. The predicted molar refractivity (Wildman–Crippen MR) is 78.4 cm³/mol. The molecule has 1 atom stereocenters. The molecule has 0 saturated heterocycles. The molecule has 4 nitrogen and oxygen atoms in total. The molecule has 1 rings (SSSR count). The number of rotatable bonds is 10. The zero-order valence-corrected chi connectivity index (χ0v) is 12.7. The summed E-state index contributed by atoms with van der Waals surface area (Å²) in [5, 5.41) is 3.47. The molecule has 1 heterocycles. The van der Waals surface area contributed by atoms with Gasteiger partial charge in [-0.25, -0.2) is 0 Å². The Balaban J connectivity index is 2.15. The lowest BCUT2D eigenvalue weighted by atomic mass is 10.2. The van der Waals surface area contributed by atoms with Crippen molar-refractivity contribution in [3.05, 3.63) is 23.7 Å². The van der Waals surface area contributed by atoms with Crippen molar-refractivity contribution >= 4 is 0 Å². The Morgan fingerprint density at radius 2 is 2.26 bits per heavy atom. The quantitative estimate of drug-likeness (QED) is 0.661. The SMILES string of the molecule is CCOCCCNCC(C)N(C)Cc1ccoc1C. The first kappa shape index (κ1) is 16.2. The molecule has 0 saturated carbocycles. The summed E-state index contributed by atoms with van der Waals surface area (Å²) in [6.07, 6.45) is 2.83. The molecule has 0 fully saturated rings. The standard InChI is InChI=1S/C15H28N2O2/c1-5-18-9-6-8-16-11-13(2)17(4)12-15-7-10-19-14(15)3/h7,10,13,16H,5-6,8-9,11-12H2,1-4H3. The van der Waals surface area contributed by atoms with Crippen molar-refractivity contribution in [1.29, 1.82) is 0 Å². The average Bonchev–Trinajstić information content (AvgIpc) is 2.79. The Hall–Kier alpha value is -0.840. The molecular formula is C15H28N2O2. The van der Waals surface area contributed by atoms with Crippen molar-refractivity contribution in [1.82, 2.24) is 10.2 Å². The monoisotopic (exact) mass is 268 g/mol.